The van der Waals surface area contributed by atoms with Crippen LogP contribution in [-0.4, -0.2) is 18.1 Å². The standard InChI is InChI=1S/C15H18FN3S/c1-11(15-9-17-10-20-15)18-12-4-5-14(13(16)8-12)19-6-2-3-7-19/h4-5,8-11,18H,2-3,6-7H2,1H3. The molecule has 0 bridgehead atoms. The van der Waals surface area contributed by atoms with Crippen LogP contribution in [0.2, 0.25) is 0 Å². The van der Waals surface area contributed by atoms with Crippen LogP contribution in [0.5, 0.6) is 0 Å². The Morgan fingerprint density at radius 1 is 1.35 bits per heavy atom. The average molecular weight is 291 g/mol. The minimum Gasteiger partial charge on any atom is -0.378 e. The zero-order chi connectivity index (χ0) is 13.9. The molecular weight excluding hydrogens is 273 g/mol. The third-order valence-corrected chi connectivity index (χ3v) is 4.61. The van der Waals surface area contributed by atoms with E-state index in [1.54, 1.807) is 17.4 Å². The quantitative estimate of drug-likeness (QED) is 0.921. The van der Waals surface area contributed by atoms with Crippen LogP contribution in [0.1, 0.15) is 30.7 Å². The molecule has 1 unspecified atom stereocenters. The predicted octanol–water partition coefficient (Wildman–Crippen LogP) is 4.06. The minimum atomic E-state index is -0.145. The van der Waals surface area contributed by atoms with E-state index in [9.17, 15) is 4.39 Å². The average Bonchev–Trinajstić information content (AvgIpc) is 3.12. The number of halogens is 1. The lowest BCUT2D eigenvalue weighted by atomic mass is 10.2. The highest BCUT2D eigenvalue weighted by atomic mass is 32.1. The van der Waals surface area contributed by atoms with E-state index in [-0.39, 0.29) is 11.9 Å². The number of aromatic nitrogens is 1. The van der Waals surface area contributed by atoms with Crippen molar-refractivity contribution in [2.75, 3.05) is 23.3 Å². The SMILES string of the molecule is CC(Nc1ccc(N2CCCC2)c(F)c1)c1cncs1. The normalized spacial score (nSPS) is 16.4. The van der Waals surface area contributed by atoms with Crippen molar-refractivity contribution in [2.24, 2.45) is 0 Å². The van der Waals surface area contributed by atoms with Gasteiger partial charge in [0.1, 0.15) is 5.82 Å². The van der Waals surface area contributed by atoms with E-state index in [2.05, 4.69) is 22.1 Å². The monoisotopic (exact) mass is 291 g/mol. The molecule has 1 aromatic heterocycles. The van der Waals surface area contributed by atoms with Crippen molar-refractivity contribution in [1.82, 2.24) is 4.98 Å². The first-order valence-corrected chi connectivity index (χ1v) is 7.81. The Hall–Kier alpha value is -1.62. The smallest absolute Gasteiger partial charge is 0.148 e. The van der Waals surface area contributed by atoms with E-state index >= 15 is 0 Å². The van der Waals surface area contributed by atoms with Crippen LogP contribution in [0.3, 0.4) is 0 Å². The van der Waals surface area contributed by atoms with Crippen molar-refractivity contribution in [3.8, 4) is 0 Å². The molecule has 1 fully saturated rings. The van der Waals surface area contributed by atoms with Crippen LogP contribution in [-0.2, 0) is 0 Å². The van der Waals surface area contributed by atoms with Crippen LogP contribution in [0.4, 0.5) is 15.8 Å². The maximum atomic E-state index is 14.2. The van der Waals surface area contributed by atoms with Crippen LogP contribution in [0, 0.1) is 5.82 Å². The van der Waals surface area contributed by atoms with Crippen molar-refractivity contribution >= 4 is 22.7 Å². The van der Waals surface area contributed by atoms with Gasteiger partial charge in [0.2, 0.25) is 0 Å². The Morgan fingerprint density at radius 3 is 2.80 bits per heavy atom. The summed E-state index contributed by atoms with van der Waals surface area (Å²) in [5.41, 5.74) is 3.34. The Bertz CT molecular complexity index is 565. The molecule has 1 saturated heterocycles. The van der Waals surface area contributed by atoms with Gasteiger partial charge in [0.05, 0.1) is 17.2 Å². The molecule has 0 spiro atoms. The molecule has 3 rings (SSSR count). The Kier molecular flexibility index (Phi) is 3.87. The molecule has 106 valence electrons. The van der Waals surface area contributed by atoms with Crippen molar-refractivity contribution in [2.45, 2.75) is 25.8 Å². The molecule has 0 aliphatic carbocycles. The Labute approximate surface area is 122 Å². The van der Waals surface area contributed by atoms with Crippen LogP contribution in [0.25, 0.3) is 0 Å². The van der Waals surface area contributed by atoms with Crippen LogP contribution >= 0.6 is 11.3 Å². The van der Waals surface area contributed by atoms with Gasteiger partial charge in [-0.05, 0) is 38.0 Å². The molecule has 5 heteroatoms. The molecule has 3 nitrogen and oxygen atoms in total. The topological polar surface area (TPSA) is 28.2 Å². The number of anilines is 2. The summed E-state index contributed by atoms with van der Waals surface area (Å²) in [7, 11) is 0. The van der Waals surface area contributed by atoms with Gasteiger partial charge in [-0.1, -0.05) is 0 Å². The molecule has 0 amide bonds. The van der Waals surface area contributed by atoms with Gasteiger partial charge in [-0.3, -0.25) is 4.98 Å². The zero-order valence-electron chi connectivity index (χ0n) is 11.5. The summed E-state index contributed by atoms with van der Waals surface area (Å²) >= 11 is 1.60. The van der Waals surface area contributed by atoms with Crippen molar-refractivity contribution < 1.29 is 4.39 Å². The largest absolute Gasteiger partial charge is 0.378 e. The van der Waals surface area contributed by atoms with E-state index in [1.165, 1.54) is 0 Å². The first-order valence-electron chi connectivity index (χ1n) is 6.93. The number of hydrogen-bond donors (Lipinski definition) is 1. The first kappa shape index (κ1) is 13.4. The summed E-state index contributed by atoms with van der Waals surface area (Å²) in [4.78, 5) is 7.33. The number of nitrogens with zero attached hydrogens (tertiary/aromatic N) is 2. The summed E-state index contributed by atoms with van der Waals surface area (Å²) in [6.45, 7) is 3.97. The van der Waals surface area contributed by atoms with Gasteiger partial charge in [-0.25, -0.2) is 4.39 Å². The Balaban J connectivity index is 1.73. The fourth-order valence-corrected chi connectivity index (χ4v) is 3.20. The molecule has 0 saturated carbocycles. The van der Waals surface area contributed by atoms with E-state index in [1.807, 2.05) is 23.8 Å². The molecule has 1 aliphatic heterocycles. The van der Waals surface area contributed by atoms with Gasteiger partial charge in [0, 0.05) is 29.9 Å². The predicted molar refractivity (Wildman–Crippen MR) is 82.0 cm³/mol. The summed E-state index contributed by atoms with van der Waals surface area (Å²) in [5.74, 6) is -0.145. The minimum absolute atomic E-state index is 0.138. The third kappa shape index (κ3) is 2.77. The van der Waals surface area contributed by atoms with Crippen molar-refractivity contribution in [3.05, 3.63) is 40.6 Å². The van der Waals surface area contributed by atoms with E-state index < -0.39 is 0 Å². The molecule has 2 aromatic rings. The molecule has 1 aliphatic rings. The number of hydrogen-bond acceptors (Lipinski definition) is 4. The molecule has 1 aromatic carbocycles. The maximum absolute atomic E-state index is 14.2. The second-order valence-corrected chi connectivity index (χ2v) is 6.05. The second-order valence-electron chi connectivity index (χ2n) is 5.13. The zero-order valence-corrected chi connectivity index (χ0v) is 12.3. The number of thiazole rings is 1. The van der Waals surface area contributed by atoms with Gasteiger partial charge in [-0.2, -0.15) is 0 Å². The molecule has 20 heavy (non-hydrogen) atoms. The highest BCUT2D eigenvalue weighted by Gasteiger charge is 2.16. The second kappa shape index (κ2) is 5.79. The van der Waals surface area contributed by atoms with Crippen LogP contribution in [0.15, 0.2) is 29.9 Å². The Morgan fingerprint density at radius 2 is 2.15 bits per heavy atom. The van der Waals surface area contributed by atoms with E-state index in [4.69, 9.17) is 0 Å². The van der Waals surface area contributed by atoms with E-state index in [0.717, 1.165) is 42.2 Å². The van der Waals surface area contributed by atoms with Gasteiger partial charge >= 0.3 is 0 Å². The summed E-state index contributed by atoms with van der Waals surface area (Å²) in [6, 6.07) is 5.56. The highest BCUT2D eigenvalue weighted by Crippen LogP contribution is 2.28. The summed E-state index contributed by atoms with van der Waals surface area (Å²) < 4.78 is 14.2. The van der Waals surface area contributed by atoms with Crippen LogP contribution < -0.4 is 10.2 Å². The van der Waals surface area contributed by atoms with E-state index in [0.29, 0.717) is 0 Å². The summed E-state index contributed by atoms with van der Waals surface area (Å²) in [5, 5.41) is 3.31. The number of nitrogens with one attached hydrogen (secondary N) is 1. The lowest BCUT2D eigenvalue weighted by molar-refractivity contribution is 0.623. The van der Waals surface area contributed by atoms with Gasteiger partial charge in [-0.15, -0.1) is 11.3 Å². The van der Waals surface area contributed by atoms with Crippen molar-refractivity contribution in [3.63, 3.8) is 0 Å². The van der Waals surface area contributed by atoms with Gasteiger partial charge in [0.25, 0.3) is 0 Å². The fraction of sp³-hybridized carbons (Fsp3) is 0.400. The molecule has 1 atom stereocenters. The van der Waals surface area contributed by atoms with Gasteiger partial charge < -0.3 is 10.2 Å². The first-order chi connectivity index (χ1) is 9.74. The molecule has 1 N–H and O–H groups in total. The van der Waals surface area contributed by atoms with Gasteiger partial charge in [0.15, 0.2) is 0 Å². The fourth-order valence-electron chi connectivity index (χ4n) is 2.57. The number of benzene rings is 1. The molecular formula is C15H18FN3S. The molecule has 0 radical (unpaired) electrons. The summed E-state index contributed by atoms with van der Waals surface area (Å²) in [6.07, 6.45) is 4.15. The maximum Gasteiger partial charge on any atom is 0.148 e. The molecule has 2 heterocycles. The lowest BCUT2D eigenvalue weighted by Gasteiger charge is -2.20. The highest BCUT2D eigenvalue weighted by molar-refractivity contribution is 7.09. The lowest BCUT2D eigenvalue weighted by Crippen LogP contribution is -2.19. The third-order valence-electron chi connectivity index (χ3n) is 3.66. The number of rotatable bonds is 4. The van der Waals surface area contributed by atoms with Crippen molar-refractivity contribution in [1.29, 1.82) is 0 Å².